The second kappa shape index (κ2) is 5.80. The molecule has 2 rings (SSSR count). The van der Waals surface area contributed by atoms with Crippen molar-refractivity contribution in [1.29, 1.82) is 0 Å². The van der Waals surface area contributed by atoms with Crippen molar-refractivity contribution >= 4 is 21.9 Å². The van der Waals surface area contributed by atoms with Gasteiger partial charge in [-0.3, -0.25) is 0 Å². The van der Waals surface area contributed by atoms with Crippen molar-refractivity contribution in [3.05, 3.63) is 64.1 Å². The summed E-state index contributed by atoms with van der Waals surface area (Å²) in [6, 6.07) is 13.7. The molecule has 0 heterocycles. The van der Waals surface area contributed by atoms with Crippen molar-refractivity contribution in [2.24, 2.45) is 0 Å². The van der Waals surface area contributed by atoms with Gasteiger partial charge in [0.15, 0.2) is 0 Å². The second-order valence-electron chi connectivity index (χ2n) is 3.70. The number of rotatable bonds is 3. The quantitative estimate of drug-likeness (QED) is 0.700. The molecule has 0 aromatic heterocycles. The van der Waals surface area contributed by atoms with Crippen LogP contribution in [0.3, 0.4) is 0 Å². The zero-order chi connectivity index (χ0) is 13.0. The molecule has 0 bridgehead atoms. The van der Waals surface area contributed by atoms with Crippen molar-refractivity contribution in [2.75, 3.05) is 0 Å². The van der Waals surface area contributed by atoms with Crippen LogP contribution in [-0.2, 0) is 6.61 Å². The first-order chi connectivity index (χ1) is 8.69. The number of carbonyl (C=O) groups excluding carboxylic acids is 1. The van der Waals surface area contributed by atoms with E-state index in [-0.39, 0.29) is 6.61 Å². The van der Waals surface area contributed by atoms with Crippen molar-refractivity contribution < 1.29 is 14.6 Å². The van der Waals surface area contributed by atoms with Crippen LogP contribution in [0.5, 0.6) is 5.75 Å². The first kappa shape index (κ1) is 12.8. The van der Waals surface area contributed by atoms with E-state index in [9.17, 15) is 4.79 Å². The molecule has 2 aromatic rings. The van der Waals surface area contributed by atoms with E-state index in [4.69, 9.17) is 9.84 Å². The molecule has 0 aliphatic carbocycles. The minimum atomic E-state index is -0.409. The molecule has 92 valence electrons. The number of aliphatic hydroxyl groups excluding tert-OH is 1. The molecule has 1 N–H and O–H groups in total. The number of hydrogen-bond acceptors (Lipinski definition) is 3. The fraction of sp³-hybridized carbons (Fsp3) is 0.0714. The Labute approximate surface area is 113 Å². The molecule has 0 fully saturated rings. The summed E-state index contributed by atoms with van der Waals surface area (Å²) in [5.41, 5.74) is 1.26. The molecule has 0 spiro atoms. The summed E-state index contributed by atoms with van der Waals surface area (Å²) in [5, 5.41) is 8.91. The highest BCUT2D eigenvalue weighted by atomic mass is 79.9. The maximum Gasteiger partial charge on any atom is 0.343 e. The second-order valence-corrected chi connectivity index (χ2v) is 4.62. The zero-order valence-electron chi connectivity index (χ0n) is 9.47. The van der Waals surface area contributed by atoms with E-state index < -0.39 is 5.97 Å². The van der Waals surface area contributed by atoms with E-state index >= 15 is 0 Å². The Morgan fingerprint density at radius 1 is 1.17 bits per heavy atom. The average Bonchev–Trinajstić information content (AvgIpc) is 2.39. The van der Waals surface area contributed by atoms with Crippen LogP contribution in [0.2, 0.25) is 0 Å². The van der Waals surface area contributed by atoms with Gasteiger partial charge < -0.3 is 9.84 Å². The fourth-order valence-corrected chi connectivity index (χ4v) is 1.84. The number of benzene rings is 2. The fourth-order valence-electron chi connectivity index (χ4n) is 1.44. The molecule has 0 radical (unpaired) electrons. The lowest BCUT2D eigenvalue weighted by Gasteiger charge is -2.05. The van der Waals surface area contributed by atoms with Crippen LogP contribution in [0.15, 0.2) is 53.0 Å². The summed E-state index contributed by atoms with van der Waals surface area (Å²) in [6.45, 7) is -0.0279. The lowest BCUT2D eigenvalue weighted by molar-refractivity contribution is 0.0734. The van der Waals surface area contributed by atoms with Crippen LogP contribution in [0.1, 0.15) is 15.9 Å². The first-order valence-corrected chi connectivity index (χ1v) is 6.16. The molecule has 0 aliphatic rings. The smallest absolute Gasteiger partial charge is 0.343 e. The van der Waals surface area contributed by atoms with E-state index in [1.165, 1.54) is 0 Å². The molecular weight excluding hydrogens is 296 g/mol. The normalized spacial score (nSPS) is 10.1. The van der Waals surface area contributed by atoms with Crippen LogP contribution in [-0.4, -0.2) is 11.1 Å². The molecule has 0 saturated heterocycles. The number of carbonyl (C=O) groups is 1. The number of esters is 1. The van der Waals surface area contributed by atoms with E-state index in [1.807, 2.05) is 6.07 Å². The summed E-state index contributed by atoms with van der Waals surface area (Å²) in [7, 11) is 0. The minimum absolute atomic E-state index is 0.0279. The van der Waals surface area contributed by atoms with E-state index in [0.717, 1.165) is 10.0 Å². The number of halogens is 1. The Morgan fingerprint density at radius 3 is 2.50 bits per heavy atom. The third kappa shape index (κ3) is 3.18. The van der Waals surface area contributed by atoms with Crippen molar-refractivity contribution in [3.63, 3.8) is 0 Å². The van der Waals surface area contributed by atoms with Crippen molar-refractivity contribution in [3.8, 4) is 5.75 Å². The van der Waals surface area contributed by atoms with Gasteiger partial charge in [-0.1, -0.05) is 34.1 Å². The van der Waals surface area contributed by atoms with Gasteiger partial charge in [-0.05, 0) is 35.9 Å². The highest BCUT2D eigenvalue weighted by Crippen LogP contribution is 2.16. The maximum absolute atomic E-state index is 11.8. The van der Waals surface area contributed by atoms with Crippen LogP contribution in [0.4, 0.5) is 0 Å². The lowest BCUT2D eigenvalue weighted by Crippen LogP contribution is -2.08. The van der Waals surface area contributed by atoms with Gasteiger partial charge in [0.1, 0.15) is 5.75 Å². The summed E-state index contributed by atoms with van der Waals surface area (Å²) in [5.74, 6) is 0.0465. The third-order valence-electron chi connectivity index (χ3n) is 2.38. The molecule has 0 atom stereocenters. The number of hydrogen-bond donors (Lipinski definition) is 1. The SMILES string of the molecule is O=C(Oc1ccc(CO)cc1)c1cccc(Br)c1. The zero-order valence-corrected chi connectivity index (χ0v) is 11.1. The highest BCUT2D eigenvalue weighted by Gasteiger charge is 2.08. The van der Waals surface area contributed by atoms with Gasteiger partial charge >= 0.3 is 5.97 Å². The predicted octanol–water partition coefficient (Wildman–Crippen LogP) is 3.16. The largest absolute Gasteiger partial charge is 0.423 e. The standard InChI is InChI=1S/C14H11BrO3/c15-12-3-1-2-11(8-12)14(17)18-13-6-4-10(9-16)5-7-13/h1-8,16H,9H2. The van der Waals surface area contributed by atoms with Crippen LogP contribution in [0.25, 0.3) is 0 Å². The summed E-state index contributed by atoms with van der Waals surface area (Å²) >= 11 is 3.30. The summed E-state index contributed by atoms with van der Waals surface area (Å²) < 4.78 is 6.04. The Kier molecular flexibility index (Phi) is 4.12. The highest BCUT2D eigenvalue weighted by molar-refractivity contribution is 9.10. The Hall–Kier alpha value is -1.65. The van der Waals surface area contributed by atoms with E-state index in [1.54, 1.807) is 42.5 Å². The van der Waals surface area contributed by atoms with E-state index in [2.05, 4.69) is 15.9 Å². The van der Waals surface area contributed by atoms with Crippen LogP contribution in [0, 0.1) is 0 Å². The summed E-state index contributed by atoms with van der Waals surface area (Å²) in [4.78, 5) is 11.8. The summed E-state index contributed by atoms with van der Waals surface area (Å²) in [6.07, 6.45) is 0. The van der Waals surface area contributed by atoms with Gasteiger partial charge in [-0.2, -0.15) is 0 Å². The Morgan fingerprint density at radius 2 is 1.89 bits per heavy atom. The molecule has 2 aromatic carbocycles. The maximum atomic E-state index is 11.8. The Balaban J connectivity index is 2.11. The monoisotopic (exact) mass is 306 g/mol. The van der Waals surface area contributed by atoms with Crippen molar-refractivity contribution in [2.45, 2.75) is 6.61 Å². The molecule has 0 saturated carbocycles. The van der Waals surface area contributed by atoms with Crippen molar-refractivity contribution in [1.82, 2.24) is 0 Å². The van der Waals surface area contributed by atoms with Gasteiger partial charge in [0, 0.05) is 4.47 Å². The average molecular weight is 307 g/mol. The lowest BCUT2D eigenvalue weighted by atomic mass is 10.2. The topological polar surface area (TPSA) is 46.5 Å². The van der Waals surface area contributed by atoms with Gasteiger partial charge in [0.05, 0.1) is 12.2 Å². The van der Waals surface area contributed by atoms with Gasteiger partial charge in [0.25, 0.3) is 0 Å². The molecular formula is C14H11BrO3. The number of ether oxygens (including phenoxy) is 1. The Bertz CT molecular complexity index is 549. The van der Waals surface area contributed by atoms with Gasteiger partial charge in [-0.15, -0.1) is 0 Å². The number of aliphatic hydroxyl groups is 1. The van der Waals surface area contributed by atoms with Crippen LogP contribution >= 0.6 is 15.9 Å². The molecule has 0 amide bonds. The minimum Gasteiger partial charge on any atom is -0.423 e. The predicted molar refractivity (Wildman–Crippen MR) is 71.5 cm³/mol. The van der Waals surface area contributed by atoms with Gasteiger partial charge in [-0.25, -0.2) is 4.79 Å². The molecule has 3 nitrogen and oxygen atoms in total. The van der Waals surface area contributed by atoms with E-state index in [0.29, 0.717) is 11.3 Å². The van der Waals surface area contributed by atoms with Crippen LogP contribution < -0.4 is 4.74 Å². The first-order valence-electron chi connectivity index (χ1n) is 5.36. The molecule has 18 heavy (non-hydrogen) atoms. The molecule has 0 aliphatic heterocycles. The molecule has 0 unspecified atom stereocenters. The third-order valence-corrected chi connectivity index (χ3v) is 2.87. The van der Waals surface area contributed by atoms with Gasteiger partial charge in [0.2, 0.25) is 0 Å². The molecule has 4 heteroatoms.